The van der Waals surface area contributed by atoms with Gasteiger partial charge in [0, 0.05) is 10.8 Å². The number of benzene rings is 5. The molecule has 5 aromatic carbocycles. The molecule has 0 saturated carbocycles. The molecule has 1 heterocycles. The highest BCUT2D eigenvalue weighted by Gasteiger charge is 2.37. The second kappa shape index (κ2) is 9.05. The smallest absolute Gasteiger partial charge is 0.416 e. The largest absolute Gasteiger partial charge is 0.456 e. The van der Waals surface area contributed by atoms with Gasteiger partial charge in [-0.1, -0.05) is 72.8 Å². The molecule has 6 aromatic rings. The van der Waals surface area contributed by atoms with E-state index in [1.165, 1.54) is 12.1 Å². The summed E-state index contributed by atoms with van der Waals surface area (Å²) in [6.07, 6.45) is -9.79. The summed E-state index contributed by atoms with van der Waals surface area (Å²) in [7, 11) is 0. The maximum atomic E-state index is 13.2. The average Bonchev–Trinajstić information content (AvgIpc) is 3.30. The van der Waals surface area contributed by atoms with E-state index >= 15 is 0 Å². The Balaban J connectivity index is 1.29. The van der Waals surface area contributed by atoms with Gasteiger partial charge in [-0.2, -0.15) is 26.3 Å². The van der Waals surface area contributed by atoms with E-state index < -0.39 is 23.5 Å². The van der Waals surface area contributed by atoms with Gasteiger partial charge in [-0.05, 0) is 69.8 Å². The van der Waals surface area contributed by atoms with Crippen LogP contribution in [0.15, 0.2) is 114 Å². The van der Waals surface area contributed by atoms with Crippen LogP contribution in [0.1, 0.15) is 11.1 Å². The third-order valence-electron chi connectivity index (χ3n) is 6.73. The van der Waals surface area contributed by atoms with Crippen LogP contribution >= 0.6 is 0 Å². The molecule has 0 aliphatic carbocycles. The first kappa shape index (κ1) is 24.8. The molecule has 0 fully saturated rings. The SMILES string of the molecule is FC(F)(F)c1cc(-c2ccc(-c3ccc(-c4ccc5oc6ccccc6c5c4)cc3)cc2)cc(C(F)(F)F)c1. The standard InChI is InChI=1S/C32H18F6O/c33-31(34,35)25-15-24(16-26(18-25)32(36,37)38)22-11-7-20(8-12-22)19-5-9-21(10-6-19)23-13-14-30-28(17-23)27-3-1-2-4-29(27)39-30/h1-18H. The third-order valence-corrected chi connectivity index (χ3v) is 6.73. The van der Waals surface area contributed by atoms with Crippen molar-refractivity contribution < 1.29 is 30.8 Å². The lowest BCUT2D eigenvalue weighted by molar-refractivity contribution is -0.143. The first-order valence-corrected chi connectivity index (χ1v) is 12.0. The molecule has 0 N–H and O–H groups in total. The molecule has 39 heavy (non-hydrogen) atoms. The fraction of sp³-hybridized carbons (Fsp3) is 0.0625. The Bertz CT molecular complexity index is 1780. The molecule has 0 aliphatic heterocycles. The van der Waals surface area contributed by atoms with Crippen molar-refractivity contribution in [2.24, 2.45) is 0 Å². The van der Waals surface area contributed by atoms with E-state index in [2.05, 4.69) is 6.07 Å². The molecule has 0 atom stereocenters. The van der Waals surface area contributed by atoms with Crippen LogP contribution in [0.4, 0.5) is 26.3 Å². The van der Waals surface area contributed by atoms with Gasteiger partial charge >= 0.3 is 12.4 Å². The van der Waals surface area contributed by atoms with Crippen molar-refractivity contribution in [3.63, 3.8) is 0 Å². The minimum absolute atomic E-state index is 0.131. The zero-order valence-corrected chi connectivity index (χ0v) is 20.1. The highest BCUT2D eigenvalue weighted by atomic mass is 19.4. The predicted octanol–water partition coefficient (Wildman–Crippen LogP) is 10.6. The van der Waals surface area contributed by atoms with Gasteiger partial charge in [0.15, 0.2) is 0 Å². The van der Waals surface area contributed by atoms with E-state index in [1.54, 1.807) is 12.1 Å². The second-order valence-corrected chi connectivity index (χ2v) is 9.26. The van der Waals surface area contributed by atoms with Gasteiger partial charge < -0.3 is 4.42 Å². The normalized spacial score (nSPS) is 12.4. The Kier molecular flexibility index (Phi) is 5.75. The Morgan fingerprint density at radius 3 is 1.36 bits per heavy atom. The molecule has 1 nitrogen and oxygen atoms in total. The van der Waals surface area contributed by atoms with Crippen molar-refractivity contribution in [2.45, 2.75) is 12.4 Å². The molecule has 0 radical (unpaired) electrons. The van der Waals surface area contributed by atoms with Crippen molar-refractivity contribution in [1.29, 1.82) is 0 Å². The minimum Gasteiger partial charge on any atom is -0.456 e. The first-order chi connectivity index (χ1) is 18.6. The summed E-state index contributed by atoms with van der Waals surface area (Å²) < 4.78 is 85.4. The summed E-state index contributed by atoms with van der Waals surface area (Å²) in [5, 5.41) is 2.06. The van der Waals surface area contributed by atoms with Gasteiger partial charge in [0.2, 0.25) is 0 Å². The number of fused-ring (bicyclic) bond motifs is 3. The fourth-order valence-corrected chi connectivity index (χ4v) is 4.74. The van der Waals surface area contributed by atoms with Crippen LogP contribution in [0.2, 0.25) is 0 Å². The van der Waals surface area contributed by atoms with Crippen LogP contribution in [-0.2, 0) is 12.4 Å². The molecular weight excluding hydrogens is 514 g/mol. The Hall–Kier alpha value is -4.52. The Labute approximate surface area is 218 Å². The number of hydrogen-bond donors (Lipinski definition) is 0. The Morgan fingerprint density at radius 1 is 0.385 bits per heavy atom. The fourth-order valence-electron chi connectivity index (χ4n) is 4.74. The van der Waals surface area contributed by atoms with Gasteiger partial charge in [-0.15, -0.1) is 0 Å². The van der Waals surface area contributed by atoms with Crippen LogP contribution in [0, 0.1) is 0 Å². The topological polar surface area (TPSA) is 13.1 Å². The number of halogens is 6. The molecular formula is C32H18F6O. The molecule has 0 bridgehead atoms. The minimum atomic E-state index is -4.90. The van der Waals surface area contributed by atoms with E-state index in [-0.39, 0.29) is 17.2 Å². The lowest BCUT2D eigenvalue weighted by Crippen LogP contribution is -2.11. The van der Waals surface area contributed by atoms with E-state index in [0.29, 0.717) is 0 Å². The number of furan rings is 1. The molecule has 0 saturated heterocycles. The predicted molar refractivity (Wildman–Crippen MR) is 140 cm³/mol. The third kappa shape index (κ3) is 4.76. The monoisotopic (exact) mass is 532 g/mol. The van der Waals surface area contributed by atoms with Crippen molar-refractivity contribution in [2.75, 3.05) is 0 Å². The summed E-state index contributed by atoms with van der Waals surface area (Å²) in [5.74, 6) is 0. The lowest BCUT2D eigenvalue weighted by Gasteiger charge is -2.14. The zero-order chi connectivity index (χ0) is 27.4. The van der Waals surface area contributed by atoms with Gasteiger partial charge in [0.05, 0.1) is 11.1 Å². The van der Waals surface area contributed by atoms with Crippen LogP contribution in [-0.4, -0.2) is 0 Å². The van der Waals surface area contributed by atoms with Crippen molar-refractivity contribution >= 4 is 21.9 Å². The van der Waals surface area contributed by atoms with Crippen LogP contribution in [0.3, 0.4) is 0 Å². The summed E-state index contributed by atoms with van der Waals surface area (Å²) in [5.41, 5.74) is 2.70. The number of para-hydroxylation sites is 1. The second-order valence-electron chi connectivity index (χ2n) is 9.26. The highest BCUT2D eigenvalue weighted by molar-refractivity contribution is 6.06. The molecule has 0 unspecified atom stereocenters. The van der Waals surface area contributed by atoms with Gasteiger partial charge in [0.25, 0.3) is 0 Å². The summed E-state index contributed by atoms with van der Waals surface area (Å²) in [6, 6.07) is 29.6. The van der Waals surface area contributed by atoms with Crippen molar-refractivity contribution in [3.05, 3.63) is 120 Å². The molecule has 6 rings (SSSR count). The highest BCUT2D eigenvalue weighted by Crippen LogP contribution is 2.39. The number of rotatable bonds is 3. The maximum absolute atomic E-state index is 13.2. The van der Waals surface area contributed by atoms with E-state index in [4.69, 9.17) is 4.42 Å². The van der Waals surface area contributed by atoms with Crippen molar-refractivity contribution in [3.8, 4) is 33.4 Å². The molecule has 0 amide bonds. The van der Waals surface area contributed by atoms with Crippen molar-refractivity contribution in [1.82, 2.24) is 0 Å². The van der Waals surface area contributed by atoms with Gasteiger partial charge in [-0.3, -0.25) is 0 Å². The molecule has 0 spiro atoms. The molecule has 0 aliphatic rings. The zero-order valence-electron chi connectivity index (χ0n) is 20.1. The van der Waals surface area contributed by atoms with Gasteiger partial charge in [-0.25, -0.2) is 0 Å². The maximum Gasteiger partial charge on any atom is 0.416 e. The summed E-state index contributed by atoms with van der Waals surface area (Å²) in [4.78, 5) is 0. The molecule has 1 aromatic heterocycles. The summed E-state index contributed by atoms with van der Waals surface area (Å²) >= 11 is 0. The molecule has 7 heteroatoms. The molecule has 194 valence electrons. The number of hydrogen-bond acceptors (Lipinski definition) is 1. The lowest BCUT2D eigenvalue weighted by atomic mass is 9.96. The first-order valence-electron chi connectivity index (χ1n) is 12.0. The van der Waals surface area contributed by atoms with Crippen LogP contribution in [0.5, 0.6) is 0 Å². The van der Waals surface area contributed by atoms with Crippen LogP contribution in [0.25, 0.3) is 55.3 Å². The van der Waals surface area contributed by atoms with Gasteiger partial charge in [0.1, 0.15) is 11.2 Å². The number of alkyl halides is 6. The van der Waals surface area contributed by atoms with Crippen LogP contribution < -0.4 is 0 Å². The van der Waals surface area contributed by atoms with E-state index in [0.717, 1.165) is 56.3 Å². The average molecular weight is 532 g/mol. The Morgan fingerprint density at radius 2 is 0.821 bits per heavy atom. The van der Waals surface area contributed by atoms with E-state index in [9.17, 15) is 26.3 Å². The summed E-state index contributed by atoms with van der Waals surface area (Å²) in [6.45, 7) is 0. The quantitative estimate of drug-likeness (QED) is 0.207. The van der Waals surface area contributed by atoms with E-state index in [1.807, 2.05) is 60.7 Å².